The SMILES string of the molecule is O=C(NC[C@@H]1CCCN1)[C@H]1C[C@@H]1C1CCCCC1. The topological polar surface area (TPSA) is 41.1 Å². The van der Waals surface area contributed by atoms with E-state index in [1.54, 1.807) is 0 Å². The highest BCUT2D eigenvalue weighted by atomic mass is 16.2. The molecule has 102 valence electrons. The zero-order valence-corrected chi connectivity index (χ0v) is 11.3. The molecular weight excluding hydrogens is 224 g/mol. The highest BCUT2D eigenvalue weighted by Gasteiger charge is 2.47. The van der Waals surface area contributed by atoms with Crippen LogP contribution in [0.1, 0.15) is 51.4 Å². The van der Waals surface area contributed by atoms with Crippen LogP contribution >= 0.6 is 0 Å². The normalized spacial score (nSPS) is 36.6. The summed E-state index contributed by atoms with van der Waals surface area (Å²) < 4.78 is 0. The largest absolute Gasteiger partial charge is 0.354 e. The van der Waals surface area contributed by atoms with Crippen LogP contribution in [-0.2, 0) is 4.79 Å². The summed E-state index contributed by atoms with van der Waals surface area (Å²) >= 11 is 0. The molecule has 1 aliphatic heterocycles. The number of rotatable bonds is 4. The third-order valence-electron chi connectivity index (χ3n) is 5.12. The van der Waals surface area contributed by atoms with E-state index in [9.17, 15) is 4.79 Å². The van der Waals surface area contributed by atoms with Crippen molar-refractivity contribution in [2.75, 3.05) is 13.1 Å². The van der Waals surface area contributed by atoms with Crippen molar-refractivity contribution in [1.82, 2.24) is 10.6 Å². The van der Waals surface area contributed by atoms with Crippen molar-refractivity contribution >= 4 is 5.91 Å². The fraction of sp³-hybridized carbons (Fsp3) is 0.933. The lowest BCUT2D eigenvalue weighted by Crippen LogP contribution is -2.38. The smallest absolute Gasteiger partial charge is 0.223 e. The summed E-state index contributed by atoms with van der Waals surface area (Å²) in [6.07, 6.45) is 10.6. The Morgan fingerprint density at radius 1 is 1.11 bits per heavy atom. The quantitative estimate of drug-likeness (QED) is 0.802. The fourth-order valence-electron chi connectivity index (χ4n) is 3.89. The second kappa shape index (κ2) is 5.60. The Morgan fingerprint density at radius 3 is 2.67 bits per heavy atom. The van der Waals surface area contributed by atoms with Gasteiger partial charge in [0.05, 0.1) is 0 Å². The Hall–Kier alpha value is -0.570. The first kappa shape index (κ1) is 12.5. The van der Waals surface area contributed by atoms with E-state index in [-0.39, 0.29) is 0 Å². The van der Waals surface area contributed by atoms with Gasteiger partial charge in [0, 0.05) is 18.5 Å². The molecule has 0 spiro atoms. The van der Waals surface area contributed by atoms with Crippen molar-refractivity contribution in [3.8, 4) is 0 Å². The molecule has 3 heteroatoms. The third-order valence-corrected chi connectivity index (χ3v) is 5.12. The minimum atomic E-state index is 0.333. The van der Waals surface area contributed by atoms with Crippen LogP contribution in [0, 0.1) is 17.8 Å². The summed E-state index contributed by atoms with van der Waals surface area (Å²) in [6, 6.07) is 0.529. The standard InChI is InChI=1S/C15H26N2O/c18-15(17-10-12-7-4-8-16-12)14-9-13(14)11-5-2-1-3-6-11/h11-14,16H,1-10H2,(H,17,18)/t12-,13+,14-/m0/s1. The van der Waals surface area contributed by atoms with Gasteiger partial charge in [0.2, 0.25) is 5.91 Å². The van der Waals surface area contributed by atoms with Crippen molar-refractivity contribution in [3.63, 3.8) is 0 Å². The molecule has 0 radical (unpaired) electrons. The van der Waals surface area contributed by atoms with E-state index in [1.807, 2.05) is 0 Å². The minimum absolute atomic E-state index is 0.333. The van der Waals surface area contributed by atoms with E-state index >= 15 is 0 Å². The van der Waals surface area contributed by atoms with Gasteiger partial charge in [0.15, 0.2) is 0 Å². The molecule has 1 saturated heterocycles. The molecule has 1 heterocycles. The van der Waals surface area contributed by atoms with Crippen LogP contribution in [0.3, 0.4) is 0 Å². The molecule has 2 saturated carbocycles. The average molecular weight is 250 g/mol. The van der Waals surface area contributed by atoms with Crippen molar-refractivity contribution < 1.29 is 4.79 Å². The van der Waals surface area contributed by atoms with Crippen LogP contribution in [0.2, 0.25) is 0 Å². The second-order valence-corrected chi connectivity index (χ2v) is 6.44. The lowest BCUT2D eigenvalue weighted by atomic mass is 9.85. The minimum Gasteiger partial charge on any atom is -0.354 e. The Labute approximate surface area is 110 Å². The lowest BCUT2D eigenvalue weighted by molar-refractivity contribution is -0.122. The zero-order valence-electron chi connectivity index (χ0n) is 11.3. The lowest BCUT2D eigenvalue weighted by Gasteiger charge is -2.21. The van der Waals surface area contributed by atoms with Gasteiger partial charge in [-0.05, 0) is 37.6 Å². The predicted molar refractivity (Wildman–Crippen MR) is 72.2 cm³/mol. The molecule has 3 rings (SSSR count). The van der Waals surface area contributed by atoms with Crippen LogP contribution < -0.4 is 10.6 Å². The number of hydrogen-bond donors (Lipinski definition) is 2. The molecule has 0 aromatic heterocycles. The number of nitrogens with one attached hydrogen (secondary N) is 2. The molecule has 3 nitrogen and oxygen atoms in total. The summed E-state index contributed by atoms with van der Waals surface area (Å²) in [7, 11) is 0. The Bertz CT molecular complexity index is 293. The van der Waals surface area contributed by atoms with E-state index in [2.05, 4.69) is 10.6 Å². The number of amides is 1. The Morgan fingerprint density at radius 2 is 1.94 bits per heavy atom. The maximum atomic E-state index is 12.1. The van der Waals surface area contributed by atoms with Gasteiger partial charge in [-0.15, -0.1) is 0 Å². The maximum Gasteiger partial charge on any atom is 0.223 e. The van der Waals surface area contributed by atoms with E-state index in [1.165, 1.54) is 44.9 Å². The summed E-state index contributed by atoms with van der Waals surface area (Å²) in [5.74, 6) is 2.27. The van der Waals surface area contributed by atoms with Crippen LogP contribution in [0.25, 0.3) is 0 Å². The van der Waals surface area contributed by atoms with Gasteiger partial charge in [-0.2, -0.15) is 0 Å². The predicted octanol–water partition coefficient (Wildman–Crippen LogP) is 2.07. The van der Waals surface area contributed by atoms with Crippen LogP contribution in [0.15, 0.2) is 0 Å². The van der Waals surface area contributed by atoms with Gasteiger partial charge in [0.1, 0.15) is 0 Å². The molecule has 2 aliphatic carbocycles. The number of carbonyl (C=O) groups excluding carboxylic acids is 1. The first-order valence-electron chi connectivity index (χ1n) is 7.85. The van der Waals surface area contributed by atoms with Gasteiger partial charge >= 0.3 is 0 Å². The van der Waals surface area contributed by atoms with E-state index < -0.39 is 0 Å². The van der Waals surface area contributed by atoms with Crippen molar-refractivity contribution in [2.45, 2.75) is 57.4 Å². The molecular formula is C15H26N2O. The molecule has 3 atom stereocenters. The molecule has 18 heavy (non-hydrogen) atoms. The summed E-state index contributed by atoms with van der Waals surface area (Å²) in [5, 5.41) is 6.59. The molecule has 0 bridgehead atoms. The van der Waals surface area contributed by atoms with E-state index in [0.717, 1.165) is 31.3 Å². The number of hydrogen-bond acceptors (Lipinski definition) is 2. The molecule has 3 aliphatic rings. The highest BCUT2D eigenvalue weighted by molar-refractivity contribution is 5.81. The van der Waals surface area contributed by atoms with Gasteiger partial charge in [-0.1, -0.05) is 32.1 Å². The summed E-state index contributed by atoms with van der Waals surface area (Å²) in [5.41, 5.74) is 0. The molecule has 2 N–H and O–H groups in total. The summed E-state index contributed by atoms with van der Waals surface area (Å²) in [4.78, 5) is 12.1. The van der Waals surface area contributed by atoms with Crippen molar-refractivity contribution in [3.05, 3.63) is 0 Å². The van der Waals surface area contributed by atoms with E-state index in [0.29, 0.717) is 17.9 Å². The fourth-order valence-corrected chi connectivity index (χ4v) is 3.89. The Kier molecular flexibility index (Phi) is 3.88. The highest BCUT2D eigenvalue weighted by Crippen LogP contribution is 2.49. The van der Waals surface area contributed by atoms with Gasteiger partial charge in [-0.3, -0.25) is 4.79 Å². The van der Waals surface area contributed by atoms with Crippen molar-refractivity contribution in [2.24, 2.45) is 17.8 Å². The average Bonchev–Trinajstić information content (AvgIpc) is 3.05. The number of carbonyl (C=O) groups is 1. The zero-order chi connectivity index (χ0) is 12.4. The van der Waals surface area contributed by atoms with Gasteiger partial charge < -0.3 is 10.6 Å². The Balaban J connectivity index is 1.38. The molecule has 1 amide bonds. The molecule has 0 unspecified atom stereocenters. The molecule has 3 fully saturated rings. The van der Waals surface area contributed by atoms with Crippen LogP contribution in [-0.4, -0.2) is 25.0 Å². The maximum absolute atomic E-state index is 12.1. The monoisotopic (exact) mass is 250 g/mol. The first-order valence-corrected chi connectivity index (χ1v) is 7.85. The second-order valence-electron chi connectivity index (χ2n) is 6.44. The van der Waals surface area contributed by atoms with E-state index in [4.69, 9.17) is 0 Å². The summed E-state index contributed by atoms with van der Waals surface area (Å²) in [6.45, 7) is 1.96. The van der Waals surface area contributed by atoms with Gasteiger partial charge in [0.25, 0.3) is 0 Å². The van der Waals surface area contributed by atoms with Crippen LogP contribution in [0.4, 0.5) is 0 Å². The van der Waals surface area contributed by atoms with Gasteiger partial charge in [-0.25, -0.2) is 0 Å². The molecule has 0 aromatic carbocycles. The van der Waals surface area contributed by atoms with Crippen LogP contribution in [0.5, 0.6) is 0 Å². The van der Waals surface area contributed by atoms with Crippen molar-refractivity contribution in [1.29, 1.82) is 0 Å². The molecule has 0 aromatic rings. The first-order chi connectivity index (χ1) is 8.84. The third kappa shape index (κ3) is 2.87.